The molecular weight excluding hydrogens is 254 g/mol. The zero-order valence-electron chi connectivity index (χ0n) is 11.4. The number of aliphatic carboxylic acids is 1. The average Bonchev–Trinajstić information content (AvgIpc) is 2.90. The fourth-order valence-corrected chi connectivity index (χ4v) is 3.37. The molecule has 0 bridgehead atoms. The Bertz CT molecular complexity index is 515. The molecule has 1 saturated heterocycles. The summed E-state index contributed by atoms with van der Waals surface area (Å²) in [7, 11) is 0. The number of amides is 1. The van der Waals surface area contributed by atoms with E-state index >= 15 is 0 Å². The third-order valence-corrected chi connectivity index (χ3v) is 4.48. The third kappa shape index (κ3) is 2.42. The molecule has 1 heterocycles. The summed E-state index contributed by atoms with van der Waals surface area (Å²) in [6, 6.07) is 8.18. The molecule has 4 heteroatoms. The van der Waals surface area contributed by atoms with Gasteiger partial charge in [0, 0.05) is 19.0 Å². The molecule has 0 saturated carbocycles. The molecule has 1 N–H and O–H groups in total. The molecule has 1 aromatic rings. The van der Waals surface area contributed by atoms with Gasteiger partial charge in [-0.1, -0.05) is 24.3 Å². The third-order valence-electron chi connectivity index (χ3n) is 4.48. The average molecular weight is 273 g/mol. The summed E-state index contributed by atoms with van der Waals surface area (Å²) >= 11 is 0. The first-order valence-electron chi connectivity index (χ1n) is 7.23. The van der Waals surface area contributed by atoms with Crippen molar-refractivity contribution in [2.45, 2.75) is 25.7 Å². The number of hydrogen-bond acceptors (Lipinski definition) is 2. The SMILES string of the molecule is O=C(O)[C@@H]1CCCN(C(=O)C2Cc3ccccc3C2)C1. The standard InChI is InChI=1S/C16H19NO3/c18-15(17-7-3-6-13(10-17)16(19)20)14-8-11-4-1-2-5-12(11)9-14/h1-2,4-5,13-14H,3,6-10H2,(H,19,20)/t13-/m1/s1. The molecule has 0 unspecified atom stereocenters. The number of carboxylic acid groups (broad SMARTS) is 1. The lowest BCUT2D eigenvalue weighted by molar-refractivity contribution is -0.146. The Morgan fingerprint density at radius 2 is 1.75 bits per heavy atom. The Morgan fingerprint density at radius 1 is 1.10 bits per heavy atom. The highest BCUT2D eigenvalue weighted by Gasteiger charge is 2.34. The molecule has 0 aromatic heterocycles. The van der Waals surface area contributed by atoms with Crippen molar-refractivity contribution in [3.05, 3.63) is 35.4 Å². The number of benzene rings is 1. The number of nitrogens with zero attached hydrogens (tertiary/aromatic N) is 1. The van der Waals surface area contributed by atoms with E-state index in [4.69, 9.17) is 5.11 Å². The minimum Gasteiger partial charge on any atom is -0.481 e. The molecule has 1 aliphatic heterocycles. The van der Waals surface area contributed by atoms with Crippen molar-refractivity contribution < 1.29 is 14.7 Å². The predicted molar refractivity (Wildman–Crippen MR) is 74.3 cm³/mol. The molecule has 1 aromatic carbocycles. The van der Waals surface area contributed by atoms with Crippen LogP contribution in [-0.4, -0.2) is 35.0 Å². The summed E-state index contributed by atoms with van der Waals surface area (Å²) in [5, 5.41) is 9.11. The van der Waals surface area contributed by atoms with Gasteiger partial charge in [-0.3, -0.25) is 9.59 Å². The van der Waals surface area contributed by atoms with E-state index in [1.807, 2.05) is 12.1 Å². The summed E-state index contributed by atoms with van der Waals surface area (Å²) in [6.07, 6.45) is 3.07. The first-order chi connectivity index (χ1) is 9.65. The number of fused-ring (bicyclic) bond motifs is 1. The Morgan fingerprint density at radius 3 is 2.35 bits per heavy atom. The van der Waals surface area contributed by atoms with Crippen LogP contribution >= 0.6 is 0 Å². The summed E-state index contributed by atoms with van der Waals surface area (Å²) in [5.74, 6) is -1.04. The number of likely N-dealkylation sites (tertiary alicyclic amines) is 1. The monoisotopic (exact) mass is 273 g/mol. The molecule has 0 radical (unpaired) electrons. The van der Waals surface area contributed by atoms with Gasteiger partial charge in [0.05, 0.1) is 5.92 Å². The number of rotatable bonds is 2. The largest absolute Gasteiger partial charge is 0.481 e. The van der Waals surface area contributed by atoms with Gasteiger partial charge in [-0.15, -0.1) is 0 Å². The van der Waals surface area contributed by atoms with Crippen LogP contribution < -0.4 is 0 Å². The van der Waals surface area contributed by atoms with Crippen molar-refractivity contribution in [2.75, 3.05) is 13.1 Å². The first kappa shape index (κ1) is 13.2. The summed E-state index contributed by atoms with van der Waals surface area (Å²) in [4.78, 5) is 25.4. The summed E-state index contributed by atoms with van der Waals surface area (Å²) in [6.45, 7) is 1.08. The second kappa shape index (κ2) is 5.27. The van der Waals surface area contributed by atoms with Gasteiger partial charge in [0.1, 0.15) is 0 Å². The first-order valence-corrected chi connectivity index (χ1v) is 7.23. The van der Waals surface area contributed by atoms with Crippen molar-refractivity contribution in [1.29, 1.82) is 0 Å². The van der Waals surface area contributed by atoms with E-state index < -0.39 is 11.9 Å². The maximum atomic E-state index is 12.6. The molecule has 4 nitrogen and oxygen atoms in total. The van der Waals surface area contributed by atoms with Gasteiger partial charge in [0.25, 0.3) is 0 Å². The molecule has 1 atom stereocenters. The van der Waals surface area contributed by atoms with Crippen LogP contribution in [0.25, 0.3) is 0 Å². The molecule has 3 rings (SSSR count). The van der Waals surface area contributed by atoms with Gasteiger partial charge in [-0.05, 0) is 36.8 Å². The molecule has 1 fully saturated rings. The second-order valence-electron chi connectivity index (χ2n) is 5.84. The maximum Gasteiger partial charge on any atom is 0.308 e. The molecule has 106 valence electrons. The molecule has 20 heavy (non-hydrogen) atoms. The van der Waals surface area contributed by atoms with Crippen molar-refractivity contribution in [2.24, 2.45) is 11.8 Å². The van der Waals surface area contributed by atoms with Gasteiger partial charge >= 0.3 is 5.97 Å². The zero-order chi connectivity index (χ0) is 14.1. The Kier molecular flexibility index (Phi) is 3.47. The fourth-order valence-electron chi connectivity index (χ4n) is 3.37. The number of carboxylic acids is 1. The second-order valence-corrected chi connectivity index (χ2v) is 5.84. The smallest absolute Gasteiger partial charge is 0.308 e. The van der Waals surface area contributed by atoms with E-state index in [0.717, 1.165) is 19.3 Å². The highest BCUT2D eigenvalue weighted by molar-refractivity contribution is 5.81. The molecular formula is C16H19NO3. The van der Waals surface area contributed by atoms with Crippen molar-refractivity contribution in [1.82, 2.24) is 4.90 Å². The van der Waals surface area contributed by atoms with Gasteiger partial charge in [0.15, 0.2) is 0 Å². The highest BCUT2D eigenvalue weighted by atomic mass is 16.4. The molecule has 0 spiro atoms. The minimum atomic E-state index is -0.780. The van der Waals surface area contributed by atoms with E-state index in [9.17, 15) is 9.59 Å². The van der Waals surface area contributed by atoms with Crippen LogP contribution in [0, 0.1) is 11.8 Å². The van der Waals surface area contributed by atoms with E-state index in [1.165, 1.54) is 11.1 Å². The van der Waals surface area contributed by atoms with Crippen LogP contribution in [0.2, 0.25) is 0 Å². The lowest BCUT2D eigenvalue weighted by Crippen LogP contribution is -2.45. The fraction of sp³-hybridized carbons (Fsp3) is 0.500. The van der Waals surface area contributed by atoms with E-state index in [2.05, 4.69) is 12.1 Å². The minimum absolute atomic E-state index is 0.0000510. The van der Waals surface area contributed by atoms with Crippen LogP contribution in [0.3, 0.4) is 0 Å². The molecule has 2 aliphatic rings. The quantitative estimate of drug-likeness (QED) is 0.892. The number of piperidine rings is 1. The van der Waals surface area contributed by atoms with Gasteiger partial charge in [-0.2, -0.15) is 0 Å². The Hall–Kier alpha value is -1.84. The van der Waals surface area contributed by atoms with E-state index in [0.29, 0.717) is 19.5 Å². The zero-order valence-corrected chi connectivity index (χ0v) is 11.4. The number of hydrogen-bond donors (Lipinski definition) is 1. The van der Waals surface area contributed by atoms with Gasteiger partial charge in [-0.25, -0.2) is 0 Å². The van der Waals surface area contributed by atoms with Crippen LogP contribution in [0.15, 0.2) is 24.3 Å². The summed E-state index contributed by atoms with van der Waals surface area (Å²) in [5.41, 5.74) is 2.52. The van der Waals surface area contributed by atoms with Gasteiger partial charge in [0.2, 0.25) is 5.91 Å². The molecule has 1 aliphatic carbocycles. The van der Waals surface area contributed by atoms with Crippen LogP contribution in [0.4, 0.5) is 0 Å². The summed E-state index contributed by atoms with van der Waals surface area (Å²) < 4.78 is 0. The van der Waals surface area contributed by atoms with E-state index in [1.54, 1.807) is 4.90 Å². The van der Waals surface area contributed by atoms with Crippen molar-refractivity contribution >= 4 is 11.9 Å². The van der Waals surface area contributed by atoms with Gasteiger partial charge < -0.3 is 10.0 Å². The Labute approximate surface area is 118 Å². The van der Waals surface area contributed by atoms with Crippen LogP contribution in [0.5, 0.6) is 0 Å². The normalized spacial score (nSPS) is 22.6. The topological polar surface area (TPSA) is 57.6 Å². The number of carbonyl (C=O) groups is 2. The lowest BCUT2D eigenvalue weighted by atomic mass is 9.96. The van der Waals surface area contributed by atoms with E-state index in [-0.39, 0.29) is 11.8 Å². The van der Waals surface area contributed by atoms with Crippen molar-refractivity contribution in [3.8, 4) is 0 Å². The maximum absolute atomic E-state index is 12.6. The molecule has 1 amide bonds. The van der Waals surface area contributed by atoms with Crippen LogP contribution in [0.1, 0.15) is 24.0 Å². The van der Waals surface area contributed by atoms with Crippen molar-refractivity contribution in [3.63, 3.8) is 0 Å². The number of carbonyl (C=O) groups excluding carboxylic acids is 1. The predicted octanol–water partition coefficient (Wildman–Crippen LogP) is 1.72. The van der Waals surface area contributed by atoms with Crippen LogP contribution in [-0.2, 0) is 22.4 Å². The highest BCUT2D eigenvalue weighted by Crippen LogP contribution is 2.29. The lowest BCUT2D eigenvalue weighted by Gasteiger charge is -2.32. The Balaban J connectivity index is 1.67.